The zero-order valence-electron chi connectivity index (χ0n) is 16.2. The van der Waals surface area contributed by atoms with Gasteiger partial charge in [-0.05, 0) is 60.6 Å². The molecule has 0 aromatic heterocycles. The molecule has 0 amide bonds. The second-order valence-electron chi connectivity index (χ2n) is 7.42. The molecule has 0 radical (unpaired) electrons. The number of carbonyl (C=O) groups is 2. The van der Waals surface area contributed by atoms with Gasteiger partial charge in [0.05, 0.1) is 5.92 Å². The second-order valence-corrected chi connectivity index (χ2v) is 7.42. The maximum atomic E-state index is 12.2. The van der Waals surface area contributed by atoms with Crippen LogP contribution in [0.25, 0.3) is 0 Å². The van der Waals surface area contributed by atoms with Gasteiger partial charge in [0.1, 0.15) is 0 Å². The van der Waals surface area contributed by atoms with Crippen molar-refractivity contribution in [2.45, 2.75) is 25.7 Å². The minimum absolute atomic E-state index is 0.0971. The molecular formula is C22H22O8. The second kappa shape index (κ2) is 8.52. The predicted molar refractivity (Wildman–Crippen MR) is 104 cm³/mol. The maximum Gasteiger partial charge on any atom is 0.307 e. The number of hydrogen-bond acceptors (Lipinski definition) is 6. The third kappa shape index (κ3) is 4.42. The van der Waals surface area contributed by atoms with Gasteiger partial charge in [0.2, 0.25) is 13.6 Å². The Hall–Kier alpha value is -3.42. The van der Waals surface area contributed by atoms with Crippen LogP contribution in [-0.2, 0) is 22.4 Å². The Morgan fingerprint density at radius 2 is 1.33 bits per heavy atom. The molecule has 0 unspecified atom stereocenters. The van der Waals surface area contributed by atoms with Crippen LogP contribution in [0.1, 0.15) is 24.0 Å². The molecule has 8 nitrogen and oxygen atoms in total. The van der Waals surface area contributed by atoms with Crippen LogP contribution in [0.5, 0.6) is 23.0 Å². The van der Waals surface area contributed by atoms with Gasteiger partial charge in [0.25, 0.3) is 0 Å². The Kier molecular flexibility index (Phi) is 5.65. The molecule has 2 aromatic carbocycles. The number of aliphatic carboxylic acids is 2. The van der Waals surface area contributed by atoms with Gasteiger partial charge in [-0.15, -0.1) is 0 Å². The van der Waals surface area contributed by atoms with Gasteiger partial charge >= 0.3 is 11.9 Å². The van der Waals surface area contributed by atoms with Crippen LogP contribution < -0.4 is 18.9 Å². The summed E-state index contributed by atoms with van der Waals surface area (Å²) in [6.07, 6.45) is 0.845. The van der Waals surface area contributed by atoms with Crippen molar-refractivity contribution >= 4 is 11.9 Å². The van der Waals surface area contributed by atoms with Crippen LogP contribution in [-0.4, -0.2) is 35.7 Å². The third-order valence-electron chi connectivity index (χ3n) is 5.44. The van der Waals surface area contributed by atoms with E-state index < -0.39 is 17.9 Å². The monoisotopic (exact) mass is 414 g/mol. The van der Waals surface area contributed by atoms with E-state index in [1.165, 1.54) is 0 Å². The highest BCUT2D eigenvalue weighted by Gasteiger charge is 2.30. The van der Waals surface area contributed by atoms with E-state index in [0.717, 1.165) is 11.1 Å². The Bertz CT molecular complexity index is 954. The first-order valence-corrected chi connectivity index (χ1v) is 9.71. The largest absolute Gasteiger partial charge is 0.481 e. The molecule has 4 rings (SSSR count). The number of benzene rings is 2. The molecule has 2 aliphatic rings. The first kappa shape index (κ1) is 19.9. The summed E-state index contributed by atoms with van der Waals surface area (Å²) in [6.45, 7) is 0.301. The lowest BCUT2D eigenvalue weighted by atomic mass is 9.80. The van der Waals surface area contributed by atoms with Gasteiger partial charge in [-0.2, -0.15) is 0 Å². The zero-order valence-corrected chi connectivity index (χ0v) is 16.2. The van der Waals surface area contributed by atoms with Crippen molar-refractivity contribution in [3.8, 4) is 23.0 Å². The molecule has 0 bridgehead atoms. The van der Waals surface area contributed by atoms with Crippen molar-refractivity contribution in [3.05, 3.63) is 47.5 Å². The van der Waals surface area contributed by atoms with Crippen molar-refractivity contribution in [2.75, 3.05) is 13.6 Å². The summed E-state index contributed by atoms with van der Waals surface area (Å²) in [5, 5.41) is 19.1. The van der Waals surface area contributed by atoms with E-state index in [9.17, 15) is 14.7 Å². The lowest BCUT2D eigenvalue weighted by Gasteiger charge is -2.24. The van der Waals surface area contributed by atoms with Crippen molar-refractivity contribution < 1.29 is 38.7 Å². The van der Waals surface area contributed by atoms with Gasteiger partial charge in [0, 0.05) is 6.42 Å². The highest BCUT2D eigenvalue weighted by atomic mass is 16.7. The zero-order chi connectivity index (χ0) is 21.1. The van der Waals surface area contributed by atoms with E-state index in [0.29, 0.717) is 29.4 Å². The summed E-state index contributed by atoms with van der Waals surface area (Å²) in [7, 11) is 0. The van der Waals surface area contributed by atoms with Crippen molar-refractivity contribution in [3.63, 3.8) is 0 Å². The normalized spacial score (nSPS) is 15.6. The van der Waals surface area contributed by atoms with Gasteiger partial charge in [-0.25, -0.2) is 0 Å². The molecule has 2 aliphatic heterocycles. The lowest BCUT2D eigenvalue weighted by Crippen LogP contribution is -2.28. The summed E-state index contributed by atoms with van der Waals surface area (Å²) in [5.41, 5.74) is 1.68. The van der Waals surface area contributed by atoms with E-state index in [-0.39, 0.29) is 38.8 Å². The molecule has 2 atom stereocenters. The molecule has 0 spiro atoms. The molecule has 158 valence electrons. The van der Waals surface area contributed by atoms with Crippen LogP contribution >= 0.6 is 0 Å². The van der Waals surface area contributed by atoms with Crippen molar-refractivity contribution in [1.29, 1.82) is 0 Å². The fraction of sp³-hybridized carbons (Fsp3) is 0.364. The maximum absolute atomic E-state index is 12.2. The fourth-order valence-electron chi connectivity index (χ4n) is 3.90. The summed E-state index contributed by atoms with van der Waals surface area (Å²) < 4.78 is 21.4. The topological polar surface area (TPSA) is 112 Å². The number of hydrogen-bond donors (Lipinski definition) is 2. The molecular weight excluding hydrogens is 392 g/mol. The van der Waals surface area contributed by atoms with Crippen molar-refractivity contribution in [1.82, 2.24) is 0 Å². The minimum Gasteiger partial charge on any atom is -0.481 e. The fourth-order valence-corrected chi connectivity index (χ4v) is 3.90. The number of ether oxygens (including phenoxy) is 4. The molecule has 0 aliphatic carbocycles. The van der Waals surface area contributed by atoms with E-state index in [4.69, 9.17) is 24.1 Å². The first-order chi connectivity index (χ1) is 14.5. The average Bonchev–Trinajstić information content (AvgIpc) is 3.37. The third-order valence-corrected chi connectivity index (χ3v) is 5.44. The molecule has 0 saturated carbocycles. The lowest BCUT2D eigenvalue weighted by molar-refractivity contribution is -0.145. The van der Waals surface area contributed by atoms with E-state index >= 15 is 0 Å². The predicted octanol–water partition coefficient (Wildman–Crippen LogP) is 3.11. The van der Waals surface area contributed by atoms with E-state index in [1.807, 2.05) is 18.2 Å². The SMILES string of the molecule is O=C(O)CC[C@H](Cc1ccc2c(c1)OCO2)[C@@H](Cc1ccc2c(c1)OCO2)C(=O)O. The molecule has 8 heteroatoms. The van der Waals surface area contributed by atoms with Crippen LogP contribution in [0.4, 0.5) is 0 Å². The summed E-state index contributed by atoms with van der Waals surface area (Å²) in [6, 6.07) is 10.8. The smallest absolute Gasteiger partial charge is 0.307 e. The van der Waals surface area contributed by atoms with Gasteiger partial charge in [-0.1, -0.05) is 12.1 Å². The molecule has 2 aromatic rings. The minimum atomic E-state index is -0.955. The summed E-state index contributed by atoms with van der Waals surface area (Å²) in [5.74, 6) is -0.535. The van der Waals surface area contributed by atoms with Gasteiger partial charge in [-0.3, -0.25) is 9.59 Å². The molecule has 0 saturated heterocycles. The summed E-state index contributed by atoms with van der Waals surface area (Å²) >= 11 is 0. The Balaban J connectivity index is 1.56. The summed E-state index contributed by atoms with van der Waals surface area (Å²) in [4.78, 5) is 23.3. The standard InChI is InChI=1S/C22H22O8/c23-21(24)6-3-15(7-13-1-4-17-19(9-13)29-11-27-17)16(22(25)26)8-14-2-5-18-20(10-14)30-12-28-18/h1-2,4-5,9-10,15-16H,3,6-8,11-12H2,(H,23,24)(H,25,26)/t15-,16-/m1/s1. The van der Waals surface area contributed by atoms with Crippen molar-refractivity contribution in [2.24, 2.45) is 11.8 Å². The first-order valence-electron chi connectivity index (χ1n) is 9.71. The van der Waals surface area contributed by atoms with Crippen LogP contribution in [0, 0.1) is 11.8 Å². The molecule has 0 fully saturated rings. The molecule has 2 N–H and O–H groups in total. The van der Waals surface area contributed by atoms with Crippen LogP contribution in [0.15, 0.2) is 36.4 Å². The highest BCUT2D eigenvalue weighted by molar-refractivity contribution is 5.71. The highest BCUT2D eigenvalue weighted by Crippen LogP contribution is 2.36. The Morgan fingerprint density at radius 1 is 0.800 bits per heavy atom. The van der Waals surface area contributed by atoms with Gasteiger partial charge < -0.3 is 29.2 Å². The molecule has 30 heavy (non-hydrogen) atoms. The van der Waals surface area contributed by atoms with Gasteiger partial charge in [0.15, 0.2) is 23.0 Å². The van der Waals surface area contributed by atoms with Crippen LogP contribution in [0.2, 0.25) is 0 Å². The van der Waals surface area contributed by atoms with E-state index in [2.05, 4.69) is 0 Å². The Morgan fingerprint density at radius 3 is 1.87 bits per heavy atom. The quantitative estimate of drug-likeness (QED) is 0.644. The number of fused-ring (bicyclic) bond motifs is 2. The van der Waals surface area contributed by atoms with Crippen LogP contribution in [0.3, 0.4) is 0 Å². The number of carboxylic acid groups (broad SMARTS) is 2. The number of rotatable bonds is 9. The van der Waals surface area contributed by atoms with E-state index in [1.54, 1.807) is 18.2 Å². The number of carboxylic acids is 2. The molecule has 2 heterocycles. The average molecular weight is 414 g/mol. The Labute approximate surface area is 172 Å².